The van der Waals surface area contributed by atoms with Gasteiger partial charge >= 0.3 is 0 Å². The van der Waals surface area contributed by atoms with Gasteiger partial charge in [-0.2, -0.15) is 0 Å². The van der Waals surface area contributed by atoms with E-state index in [0.29, 0.717) is 11.5 Å². The molecule has 1 unspecified atom stereocenters. The minimum absolute atomic E-state index is 0.326. The molecule has 0 bridgehead atoms. The van der Waals surface area contributed by atoms with Crippen molar-refractivity contribution in [2.45, 2.75) is 45.6 Å². The molecule has 1 saturated carbocycles. The SMILES string of the molecule is COc1ccc(C(C)NCC2(C)CCCC2)cc1OC. The molecule has 1 aliphatic rings. The third-order valence-corrected chi connectivity index (χ3v) is 4.55. The first-order valence-corrected chi connectivity index (χ1v) is 7.53. The fourth-order valence-corrected chi connectivity index (χ4v) is 3.04. The van der Waals surface area contributed by atoms with Crippen molar-refractivity contribution in [3.8, 4) is 11.5 Å². The molecule has 1 fully saturated rings. The molecule has 2 rings (SSSR count). The lowest BCUT2D eigenvalue weighted by Crippen LogP contribution is -2.31. The Kier molecular flexibility index (Phi) is 4.92. The summed E-state index contributed by atoms with van der Waals surface area (Å²) in [4.78, 5) is 0. The van der Waals surface area contributed by atoms with Crippen molar-refractivity contribution in [1.82, 2.24) is 5.32 Å². The predicted octanol–water partition coefficient (Wildman–Crippen LogP) is 3.93. The highest BCUT2D eigenvalue weighted by Crippen LogP contribution is 2.37. The van der Waals surface area contributed by atoms with Crippen LogP contribution in [0.25, 0.3) is 0 Å². The van der Waals surface area contributed by atoms with Gasteiger partial charge in [-0.25, -0.2) is 0 Å². The summed E-state index contributed by atoms with van der Waals surface area (Å²) >= 11 is 0. The lowest BCUT2D eigenvalue weighted by molar-refractivity contribution is 0.301. The first-order valence-electron chi connectivity index (χ1n) is 7.53. The molecule has 112 valence electrons. The molecule has 0 radical (unpaired) electrons. The van der Waals surface area contributed by atoms with E-state index in [1.807, 2.05) is 6.07 Å². The van der Waals surface area contributed by atoms with Crippen LogP contribution in [0.2, 0.25) is 0 Å². The third-order valence-electron chi connectivity index (χ3n) is 4.55. The summed E-state index contributed by atoms with van der Waals surface area (Å²) in [6.45, 7) is 5.69. The smallest absolute Gasteiger partial charge is 0.161 e. The first kappa shape index (κ1) is 15.2. The number of methoxy groups -OCH3 is 2. The van der Waals surface area contributed by atoms with Gasteiger partial charge < -0.3 is 14.8 Å². The van der Waals surface area contributed by atoms with E-state index in [1.54, 1.807) is 14.2 Å². The van der Waals surface area contributed by atoms with Crippen molar-refractivity contribution in [3.05, 3.63) is 23.8 Å². The van der Waals surface area contributed by atoms with Crippen molar-refractivity contribution >= 4 is 0 Å². The van der Waals surface area contributed by atoms with Crippen molar-refractivity contribution < 1.29 is 9.47 Å². The van der Waals surface area contributed by atoms with E-state index in [2.05, 4.69) is 31.3 Å². The number of nitrogens with one attached hydrogen (secondary N) is 1. The maximum atomic E-state index is 5.37. The van der Waals surface area contributed by atoms with Crippen LogP contribution in [0, 0.1) is 5.41 Å². The Bertz CT molecular complexity index is 439. The number of benzene rings is 1. The quantitative estimate of drug-likeness (QED) is 0.854. The molecule has 3 heteroatoms. The zero-order chi connectivity index (χ0) is 14.6. The van der Waals surface area contributed by atoms with Crippen LogP contribution >= 0.6 is 0 Å². The van der Waals surface area contributed by atoms with Crippen LogP contribution in [0.15, 0.2) is 18.2 Å². The highest BCUT2D eigenvalue weighted by molar-refractivity contribution is 5.43. The average molecular weight is 277 g/mol. The maximum absolute atomic E-state index is 5.37. The lowest BCUT2D eigenvalue weighted by atomic mass is 9.88. The van der Waals surface area contributed by atoms with Gasteiger partial charge in [-0.3, -0.25) is 0 Å². The Hall–Kier alpha value is -1.22. The largest absolute Gasteiger partial charge is 0.493 e. The fraction of sp³-hybridized carbons (Fsp3) is 0.647. The summed E-state index contributed by atoms with van der Waals surface area (Å²) in [7, 11) is 3.35. The van der Waals surface area contributed by atoms with E-state index in [9.17, 15) is 0 Å². The van der Waals surface area contributed by atoms with Crippen LogP contribution in [-0.2, 0) is 0 Å². The molecule has 1 N–H and O–H groups in total. The Morgan fingerprint density at radius 1 is 1.15 bits per heavy atom. The van der Waals surface area contributed by atoms with Gasteiger partial charge in [0.2, 0.25) is 0 Å². The molecular formula is C17H27NO2. The summed E-state index contributed by atoms with van der Waals surface area (Å²) in [5, 5.41) is 3.67. The highest BCUT2D eigenvalue weighted by Gasteiger charge is 2.28. The normalized spacial score (nSPS) is 18.8. The van der Waals surface area contributed by atoms with E-state index >= 15 is 0 Å². The van der Waals surface area contributed by atoms with E-state index in [4.69, 9.17) is 9.47 Å². The molecule has 0 aromatic heterocycles. The molecule has 1 atom stereocenters. The number of ether oxygens (including phenoxy) is 2. The van der Waals surface area contributed by atoms with Crippen LogP contribution in [0.1, 0.15) is 51.1 Å². The Morgan fingerprint density at radius 2 is 1.80 bits per heavy atom. The molecule has 1 aliphatic carbocycles. The van der Waals surface area contributed by atoms with Crippen LogP contribution in [0.3, 0.4) is 0 Å². The van der Waals surface area contributed by atoms with Crippen molar-refractivity contribution in [3.63, 3.8) is 0 Å². The highest BCUT2D eigenvalue weighted by atomic mass is 16.5. The van der Waals surface area contributed by atoms with Gasteiger partial charge in [-0.05, 0) is 42.9 Å². The summed E-state index contributed by atoms with van der Waals surface area (Å²) in [6.07, 6.45) is 5.45. The lowest BCUT2D eigenvalue weighted by Gasteiger charge is -2.26. The second-order valence-corrected chi connectivity index (χ2v) is 6.23. The minimum atomic E-state index is 0.326. The number of rotatable bonds is 6. The van der Waals surface area contributed by atoms with Crippen LogP contribution in [-0.4, -0.2) is 20.8 Å². The second-order valence-electron chi connectivity index (χ2n) is 6.23. The first-order chi connectivity index (χ1) is 9.58. The Labute approximate surface area is 122 Å². The monoisotopic (exact) mass is 277 g/mol. The molecule has 0 saturated heterocycles. The van der Waals surface area contributed by atoms with Crippen molar-refractivity contribution in [2.75, 3.05) is 20.8 Å². The second kappa shape index (κ2) is 6.49. The molecular weight excluding hydrogens is 250 g/mol. The minimum Gasteiger partial charge on any atom is -0.493 e. The van der Waals surface area contributed by atoms with E-state index in [-0.39, 0.29) is 0 Å². The van der Waals surface area contributed by atoms with Crippen molar-refractivity contribution in [2.24, 2.45) is 5.41 Å². The van der Waals surface area contributed by atoms with Crippen LogP contribution in [0.5, 0.6) is 11.5 Å². The van der Waals surface area contributed by atoms with E-state index in [1.165, 1.54) is 31.2 Å². The molecule has 20 heavy (non-hydrogen) atoms. The van der Waals surface area contributed by atoms with E-state index < -0.39 is 0 Å². The van der Waals surface area contributed by atoms with Gasteiger partial charge in [0.15, 0.2) is 11.5 Å². The molecule has 3 nitrogen and oxygen atoms in total. The van der Waals surface area contributed by atoms with E-state index in [0.717, 1.165) is 18.0 Å². The zero-order valence-corrected chi connectivity index (χ0v) is 13.2. The summed E-state index contributed by atoms with van der Waals surface area (Å²) in [5.41, 5.74) is 1.72. The molecule has 1 aromatic rings. The molecule has 0 aliphatic heterocycles. The van der Waals surface area contributed by atoms with Gasteiger partial charge in [0, 0.05) is 12.6 Å². The van der Waals surface area contributed by atoms with Crippen molar-refractivity contribution in [1.29, 1.82) is 0 Å². The van der Waals surface area contributed by atoms with Crippen LogP contribution in [0.4, 0.5) is 0 Å². The standard InChI is InChI=1S/C17H27NO2/c1-13(18-12-17(2)9-5-6-10-17)14-7-8-15(19-3)16(11-14)20-4/h7-8,11,13,18H,5-6,9-10,12H2,1-4H3. The molecule has 0 amide bonds. The molecule has 0 heterocycles. The topological polar surface area (TPSA) is 30.5 Å². The summed E-state index contributed by atoms with van der Waals surface area (Å²) in [6, 6.07) is 6.47. The van der Waals surface area contributed by atoms with Gasteiger partial charge in [-0.15, -0.1) is 0 Å². The molecule has 1 aromatic carbocycles. The Balaban J connectivity index is 1.99. The van der Waals surface area contributed by atoms with Gasteiger partial charge in [0.1, 0.15) is 0 Å². The van der Waals surface area contributed by atoms with Crippen LogP contribution < -0.4 is 14.8 Å². The Morgan fingerprint density at radius 3 is 2.40 bits per heavy atom. The van der Waals surface area contributed by atoms with Gasteiger partial charge in [0.25, 0.3) is 0 Å². The predicted molar refractivity (Wildman–Crippen MR) is 82.5 cm³/mol. The fourth-order valence-electron chi connectivity index (χ4n) is 3.04. The average Bonchev–Trinajstić information content (AvgIpc) is 2.91. The summed E-state index contributed by atoms with van der Waals surface area (Å²) < 4.78 is 10.7. The third kappa shape index (κ3) is 3.45. The number of hydrogen-bond donors (Lipinski definition) is 1. The number of hydrogen-bond acceptors (Lipinski definition) is 3. The maximum Gasteiger partial charge on any atom is 0.161 e. The van der Waals surface area contributed by atoms with Gasteiger partial charge in [0.05, 0.1) is 14.2 Å². The van der Waals surface area contributed by atoms with Gasteiger partial charge in [-0.1, -0.05) is 25.8 Å². The summed E-state index contributed by atoms with van der Waals surface area (Å²) in [5.74, 6) is 1.58. The molecule has 0 spiro atoms. The zero-order valence-electron chi connectivity index (χ0n) is 13.2.